The van der Waals surface area contributed by atoms with Gasteiger partial charge in [-0.1, -0.05) is 32.9 Å². The molecule has 1 heterocycles. The maximum Gasteiger partial charge on any atom is 0.0895 e. The van der Waals surface area contributed by atoms with E-state index in [1.807, 2.05) is 6.34 Å². The Bertz CT molecular complexity index is 371. The van der Waals surface area contributed by atoms with Crippen molar-refractivity contribution in [1.29, 1.82) is 0 Å². The third-order valence-corrected chi connectivity index (χ3v) is 2.69. The Labute approximate surface area is 98.0 Å². The summed E-state index contributed by atoms with van der Waals surface area (Å²) in [5.41, 5.74) is 3.02. The predicted octanol–water partition coefficient (Wildman–Crippen LogP) is 3.12. The highest BCUT2D eigenvalue weighted by atomic mass is 15.2. The summed E-state index contributed by atoms with van der Waals surface area (Å²) in [6.07, 6.45) is 3.06. The molecule has 0 amide bonds. The highest BCUT2D eigenvalue weighted by Gasteiger charge is 2.12. The van der Waals surface area contributed by atoms with Crippen LogP contribution in [-0.4, -0.2) is 19.4 Å². The lowest BCUT2D eigenvalue weighted by Gasteiger charge is -2.19. The lowest BCUT2D eigenvalue weighted by Crippen LogP contribution is -2.18. The van der Waals surface area contributed by atoms with Crippen LogP contribution in [0.25, 0.3) is 0 Å². The third kappa shape index (κ3) is 2.84. The Kier molecular flexibility index (Phi) is 2.99. The molecule has 0 aliphatic carbocycles. The van der Waals surface area contributed by atoms with Gasteiger partial charge in [-0.05, 0) is 29.5 Å². The SMILES string of the molecule is CC(C)(C)Cc1ccc(N2C=NCC2)cc1. The van der Waals surface area contributed by atoms with Crippen LogP contribution in [0.4, 0.5) is 5.69 Å². The van der Waals surface area contributed by atoms with Crippen LogP contribution in [0, 0.1) is 5.41 Å². The van der Waals surface area contributed by atoms with Crippen LogP contribution < -0.4 is 4.90 Å². The number of benzene rings is 1. The summed E-state index contributed by atoms with van der Waals surface area (Å²) >= 11 is 0. The van der Waals surface area contributed by atoms with Crippen molar-refractivity contribution in [3.05, 3.63) is 29.8 Å². The zero-order valence-electron chi connectivity index (χ0n) is 10.4. The molecule has 0 fully saturated rings. The number of aliphatic imine (C=N–C) groups is 1. The van der Waals surface area contributed by atoms with Gasteiger partial charge in [0, 0.05) is 12.2 Å². The average molecular weight is 216 g/mol. The summed E-state index contributed by atoms with van der Waals surface area (Å²) < 4.78 is 0. The molecule has 0 bridgehead atoms. The molecule has 1 aliphatic heterocycles. The minimum absolute atomic E-state index is 0.358. The van der Waals surface area contributed by atoms with Crippen LogP contribution in [0.5, 0.6) is 0 Å². The van der Waals surface area contributed by atoms with Crippen molar-refractivity contribution in [1.82, 2.24) is 0 Å². The highest BCUT2D eigenvalue weighted by Crippen LogP contribution is 2.22. The topological polar surface area (TPSA) is 15.6 Å². The van der Waals surface area contributed by atoms with Crippen molar-refractivity contribution in [3.63, 3.8) is 0 Å². The molecule has 0 atom stereocenters. The molecule has 0 unspecified atom stereocenters. The lowest BCUT2D eigenvalue weighted by molar-refractivity contribution is 0.411. The molecule has 2 heteroatoms. The molecular formula is C14H20N2. The molecule has 0 N–H and O–H groups in total. The zero-order chi connectivity index (χ0) is 11.6. The van der Waals surface area contributed by atoms with Crippen LogP contribution in [0.2, 0.25) is 0 Å². The van der Waals surface area contributed by atoms with Crippen LogP contribution in [0.15, 0.2) is 29.3 Å². The van der Waals surface area contributed by atoms with Crippen molar-refractivity contribution in [2.24, 2.45) is 10.4 Å². The van der Waals surface area contributed by atoms with Gasteiger partial charge >= 0.3 is 0 Å². The number of hydrogen-bond donors (Lipinski definition) is 0. The average Bonchev–Trinajstić information content (AvgIpc) is 2.69. The Hall–Kier alpha value is -1.31. The van der Waals surface area contributed by atoms with Crippen molar-refractivity contribution < 1.29 is 0 Å². The molecule has 2 rings (SSSR count). The summed E-state index contributed by atoms with van der Waals surface area (Å²) in [5, 5.41) is 0. The fourth-order valence-electron chi connectivity index (χ4n) is 1.99. The largest absolute Gasteiger partial charge is 0.331 e. The van der Waals surface area contributed by atoms with E-state index in [-0.39, 0.29) is 0 Å². The van der Waals surface area contributed by atoms with E-state index in [0.717, 1.165) is 19.5 Å². The van der Waals surface area contributed by atoms with Gasteiger partial charge in [0.05, 0.1) is 12.9 Å². The summed E-state index contributed by atoms with van der Waals surface area (Å²) in [6, 6.07) is 8.84. The fraction of sp³-hybridized carbons (Fsp3) is 0.500. The molecule has 1 aromatic carbocycles. The Morgan fingerprint density at radius 1 is 1.19 bits per heavy atom. The van der Waals surface area contributed by atoms with Crippen LogP contribution in [0.3, 0.4) is 0 Å². The first-order chi connectivity index (χ1) is 7.54. The van der Waals surface area contributed by atoms with Crippen LogP contribution in [-0.2, 0) is 6.42 Å². The summed E-state index contributed by atoms with van der Waals surface area (Å²) in [7, 11) is 0. The number of nitrogens with zero attached hydrogens (tertiary/aromatic N) is 2. The predicted molar refractivity (Wildman–Crippen MR) is 70.3 cm³/mol. The molecule has 2 nitrogen and oxygen atoms in total. The van der Waals surface area contributed by atoms with Crippen molar-refractivity contribution in [2.75, 3.05) is 18.0 Å². The van der Waals surface area contributed by atoms with Gasteiger partial charge < -0.3 is 4.90 Å². The lowest BCUT2D eigenvalue weighted by atomic mass is 9.88. The van der Waals surface area contributed by atoms with Gasteiger partial charge in [-0.2, -0.15) is 0 Å². The van der Waals surface area contributed by atoms with Gasteiger partial charge in [0.1, 0.15) is 0 Å². The third-order valence-electron chi connectivity index (χ3n) is 2.69. The van der Waals surface area contributed by atoms with Gasteiger partial charge in [-0.3, -0.25) is 4.99 Å². The van der Waals surface area contributed by atoms with Crippen molar-refractivity contribution >= 4 is 12.0 Å². The molecular weight excluding hydrogens is 196 g/mol. The molecule has 0 saturated heterocycles. The molecule has 1 aliphatic rings. The minimum atomic E-state index is 0.358. The van der Waals surface area contributed by atoms with E-state index in [4.69, 9.17) is 0 Å². The van der Waals surface area contributed by atoms with Crippen LogP contribution >= 0.6 is 0 Å². The van der Waals surface area contributed by atoms with E-state index >= 15 is 0 Å². The van der Waals surface area contributed by atoms with E-state index in [2.05, 4.69) is 54.9 Å². The second kappa shape index (κ2) is 4.28. The Morgan fingerprint density at radius 2 is 1.88 bits per heavy atom. The first-order valence-electron chi connectivity index (χ1n) is 5.90. The first-order valence-corrected chi connectivity index (χ1v) is 5.90. The molecule has 0 saturated carbocycles. The zero-order valence-corrected chi connectivity index (χ0v) is 10.4. The van der Waals surface area contributed by atoms with E-state index in [9.17, 15) is 0 Å². The number of hydrogen-bond acceptors (Lipinski definition) is 2. The maximum atomic E-state index is 4.22. The minimum Gasteiger partial charge on any atom is -0.331 e. The highest BCUT2D eigenvalue weighted by molar-refractivity contribution is 5.80. The molecule has 0 radical (unpaired) electrons. The summed E-state index contributed by atoms with van der Waals surface area (Å²) in [4.78, 5) is 6.42. The van der Waals surface area contributed by atoms with E-state index in [1.54, 1.807) is 0 Å². The molecule has 0 spiro atoms. The van der Waals surface area contributed by atoms with E-state index < -0.39 is 0 Å². The van der Waals surface area contributed by atoms with Crippen molar-refractivity contribution in [3.8, 4) is 0 Å². The van der Waals surface area contributed by atoms with Crippen molar-refractivity contribution in [2.45, 2.75) is 27.2 Å². The standard InChI is InChI=1S/C14H20N2/c1-14(2,3)10-12-4-6-13(7-5-12)16-9-8-15-11-16/h4-7,11H,8-10H2,1-3H3. The van der Waals surface area contributed by atoms with Gasteiger partial charge in [-0.25, -0.2) is 0 Å². The summed E-state index contributed by atoms with van der Waals surface area (Å²) in [6.45, 7) is 8.75. The van der Waals surface area contributed by atoms with Gasteiger partial charge in [0.15, 0.2) is 0 Å². The molecule has 1 aromatic rings. The quantitative estimate of drug-likeness (QED) is 0.741. The summed E-state index contributed by atoms with van der Waals surface area (Å²) in [5.74, 6) is 0. The second-order valence-corrected chi connectivity index (χ2v) is 5.62. The monoisotopic (exact) mass is 216 g/mol. The smallest absolute Gasteiger partial charge is 0.0895 e. The van der Waals surface area contributed by atoms with Gasteiger partial charge in [-0.15, -0.1) is 0 Å². The Morgan fingerprint density at radius 3 is 2.38 bits per heavy atom. The molecule has 86 valence electrons. The fourth-order valence-corrected chi connectivity index (χ4v) is 1.99. The number of anilines is 1. The number of rotatable bonds is 2. The van der Waals surface area contributed by atoms with E-state index in [1.165, 1.54) is 11.3 Å². The molecule has 0 aromatic heterocycles. The molecule has 16 heavy (non-hydrogen) atoms. The van der Waals surface area contributed by atoms with Gasteiger partial charge in [0.2, 0.25) is 0 Å². The maximum absolute atomic E-state index is 4.22. The first kappa shape index (κ1) is 11.2. The van der Waals surface area contributed by atoms with E-state index in [0.29, 0.717) is 5.41 Å². The van der Waals surface area contributed by atoms with Gasteiger partial charge in [0.25, 0.3) is 0 Å². The Balaban J connectivity index is 2.07. The normalized spacial score (nSPS) is 15.8. The second-order valence-electron chi connectivity index (χ2n) is 5.62. The van der Waals surface area contributed by atoms with Crippen LogP contribution in [0.1, 0.15) is 26.3 Å².